The van der Waals surface area contributed by atoms with Gasteiger partial charge in [-0.05, 0) is 31.1 Å². The van der Waals surface area contributed by atoms with Gasteiger partial charge in [-0.25, -0.2) is 9.97 Å². The van der Waals surface area contributed by atoms with Gasteiger partial charge in [0, 0.05) is 26.0 Å². The molecule has 0 aliphatic heterocycles. The van der Waals surface area contributed by atoms with E-state index in [1.54, 1.807) is 20.4 Å². The van der Waals surface area contributed by atoms with Crippen LogP contribution in [0.15, 0.2) is 12.3 Å². The molecule has 0 saturated heterocycles. The highest BCUT2D eigenvalue weighted by Crippen LogP contribution is 2.27. The number of aryl methyl sites for hydroxylation is 1. The summed E-state index contributed by atoms with van der Waals surface area (Å²) in [7, 11) is 3.73. The second-order valence-corrected chi connectivity index (χ2v) is 6.66. The molecule has 0 radical (unpaired) electrons. The van der Waals surface area contributed by atoms with Gasteiger partial charge in [0.25, 0.3) is 0 Å². The predicted molar refractivity (Wildman–Crippen MR) is 108 cm³/mol. The summed E-state index contributed by atoms with van der Waals surface area (Å²) in [6.45, 7) is 4.36. The van der Waals surface area contributed by atoms with Crippen LogP contribution in [0.3, 0.4) is 0 Å². The molecule has 7 heteroatoms. The van der Waals surface area contributed by atoms with Crippen LogP contribution in [0, 0.1) is 0 Å². The molecule has 1 aliphatic rings. The lowest BCUT2D eigenvalue weighted by molar-refractivity contribution is 0.211. The molecule has 5 nitrogen and oxygen atoms in total. The van der Waals surface area contributed by atoms with Gasteiger partial charge >= 0.3 is 0 Å². The molecule has 0 bridgehead atoms. The third-order valence-electron chi connectivity index (χ3n) is 3.41. The molecule has 1 saturated carbocycles. The van der Waals surface area contributed by atoms with Crippen LogP contribution in [0.4, 0.5) is 5.95 Å². The molecule has 1 aliphatic carbocycles. The van der Waals surface area contributed by atoms with Crippen molar-refractivity contribution in [1.82, 2.24) is 9.97 Å². The van der Waals surface area contributed by atoms with Crippen LogP contribution in [0.2, 0.25) is 0 Å². The van der Waals surface area contributed by atoms with Crippen LogP contribution in [0.25, 0.3) is 0 Å². The number of rotatable bonds is 7. The van der Waals surface area contributed by atoms with Crippen LogP contribution in [-0.2, 0) is 15.5 Å². The second-order valence-electron chi connectivity index (χ2n) is 5.41. The monoisotopic (exact) mass is 375 g/mol. The average molecular weight is 376 g/mol. The summed E-state index contributed by atoms with van der Waals surface area (Å²) in [6.07, 6.45) is 10.9. The first-order chi connectivity index (χ1) is 11.7. The Hall–Kier alpha value is -0.420. The molecule has 0 amide bonds. The normalized spacial score (nSPS) is 14.0. The fraction of sp³-hybridized carbons (Fsp3) is 0.765. The first-order valence-electron chi connectivity index (χ1n) is 8.75. The summed E-state index contributed by atoms with van der Waals surface area (Å²) >= 11 is 4.11. The lowest BCUT2D eigenvalue weighted by atomic mass is 10.3. The molecule has 1 heterocycles. The van der Waals surface area contributed by atoms with E-state index in [4.69, 9.17) is 9.05 Å². The average Bonchev–Trinajstić information content (AvgIpc) is 3.15. The number of thiol groups is 1. The maximum absolute atomic E-state index is 5.36. The fourth-order valence-electron chi connectivity index (χ4n) is 1.89. The Morgan fingerprint density at radius 1 is 1.29 bits per heavy atom. The minimum atomic E-state index is 0.249. The largest absolute Gasteiger partial charge is 0.357 e. The zero-order valence-electron chi connectivity index (χ0n) is 15.5. The molecular weight excluding hydrogens is 341 g/mol. The summed E-state index contributed by atoms with van der Waals surface area (Å²) in [5, 5.41) is 2.88. The molecule has 24 heavy (non-hydrogen) atoms. The van der Waals surface area contributed by atoms with Crippen molar-refractivity contribution in [3.8, 4) is 0 Å². The standard InChI is InChI=1S/C7H11N3S.C6H13O2P.C4H10/c1-8-7-9-4-2-6(10-7)3-5-11;1-7-9-8-6-4-2-3-5-6;1-3-4-2/h2,4,11H,3,5H2,1H3,(H,8,9,10);6,9H,2-5H2,1H3;3-4H2,1-2H3. The van der Waals surface area contributed by atoms with Crippen molar-refractivity contribution in [2.45, 2.75) is 64.9 Å². The molecular formula is C17H34N3O2PS. The number of anilines is 1. The number of hydrogen-bond acceptors (Lipinski definition) is 6. The Balaban J connectivity index is 0.000000367. The smallest absolute Gasteiger partial charge is 0.222 e. The highest BCUT2D eigenvalue weighted by Gasteiger charge is 2.14. The summed E-state index contributed by atoms with van der Waals surface area (Å²) in [4.78, 5) is 8.20. The van der Waals surface area contributed by atoms with Gasteiger partial charge in [0.05, 0.1) is 6.10 Å². The zero-order valence-corrected chi connectivity index (χ0v) is 17.4. The van der Waals surface area contributed by atoms with Crippen molar-refractivity contribution in [3.63, 3.8) is 0 Å². The van der Waals surface area contributed by atoms with Crippen molar-refractivity contribution >= 4 is 27.6 Å². The highest BCUT2D eigenvalue weighted by molar-refractivity contribution is 7.80. The van der Waals surface area contributed by atoms with Crippen LogP contribution in [0.5, 0.6) is 0 Å². The summed E-state index contributed by atoms with van der Waals surface area (Å²) in [5.41, 5.74) is 1.03. The first kappa shape index (κ1) is 23.6. The number of nitrogens with one attached hydrogen (secondary N) is 1. The first-order valence-corrected chi connectivity index (χ1v) is 10.2. The molecule has 1 N–H and O–H groups in total. The van der Waals surface area contributed by atoms with E-state index >= 15 is 0 Å². The van der Waals surface area contributed by atoms with E-state index in [1.165, 1.54) is 38.5 Å². The summed E-state index contributed by atoms with van der Waals surface area (Å²) in [6, 6.07) is 1.90. The number of hydrogen-bond donors (Lipinski definition) is 2. The third kappa shape index (κ3) is 12.9. The molecule has 1 aromatic rings. The van der Waals surface area contributed by atoms with Gasteiger partial charge < -0.3 is 14.4 Å². The molecule has 1 unspecified atom stereocenters. The Morgan fingerprint density at radius 3 is 2.46 bits per heavy atom. The van der Waals surface area contributed by atoms with E-state index in [0.29, 0.717) is 12.1 Å². The SMILES string of the molecule is CCCC.CNc1nccc(CCS)n1.COPOC1CCCC1. The van der Waals surface area contributed by atoms with Gasteiger partial charge in [-0.15, -0.1) is 0 Å². The number of nitrogens with zero attached hydrogens (tertiary/aromatic N) is 2. The minimum Gasteiger partial charge on any atom is -0.357 e. The van der Waals surface area contributed by atoms with Gasteiger partial charge in [0.1, 0.15) is 0 Å². The Kier molecular flexibility index (Phi) is 17.1. The van der Waals surface area contributed by atoms with E-state index in [0.717, 1.165) is 17.9 Å². The van der Waals surface area contributed by atoms with E-state index in [-0.39, 0.29) is 9.03 Å². The Morgan fingerprint density at radius 2 is 1.96 bits per heavy atom. The minimum absolute atomic E-state index is 0.249. The van der Waals surface area contributed by atoms with Gasteiger partial charge in [0.2, 0.25) is 5.95 Å². The van der Waals surface area contributed by atoms with E-state index < -0.39 is 0 Å². The number of aromatic nitrogens is 2. The quantitative estimate of drug-likeness (QED) is 0.524. The topological polar surface area (TPSA) is 56.3 Å². The maximum Gasteiger partial charge on any atom is 0.222 e. The maximum atomic E-state index is 5.36. The van der Waals surface area contributed by atoms with Crippen molar-refractivity contribution in [1.29, 1.82) is 0 Å². The van der Waals surface area contributed by atoms with Crippen LogP contribution >= 0.6 is 21.7 Å². The van der Waals surface area contributed by atoms with Crippen LogP contribution in [-0.4, -0.2) is 36.0 Å². The lowest BCUT2D eigenvalue weighted by Gasteiger charge is -2.07. The predicted octanol–water partition coefficient (Wildman–Crippen LogP) is 4.90. The van der Waals surface area contributed by atoms with Crippen molar-refractivity contribution in [2.75, 3.05) is 25.2 Å². The van der Waals surface area contributed by atoms with E-state index in [9.17, 15) is 0 Å². The lowest BCUT2D eigenvalue weighted by Crippen LogP contribution is -1.99. The molecule has 2 rings (SSSR count). The Bertz CT molecular complexity index is 392. The molecule has 1 fully saturated rings. The van der Waals surface area contributed by atoms with Crippen LogP contribution < -0.4 is 5.32 Å². The Labute approximate surface area is 155 Å². The van der Waals surface area contributed by atoms with Crippen molar-refractivity contribution < 1.29 is 9.05 Å². The van der Waals surface area contributed by atoms with Crippen molar-refractivity contribution in [2.24, 2.45) is 0 Å². The molecule has 0 aromatic carbocycles. The zero-order chi connectivity index (χ0) is 18.0. The summed E-state index contributed by atoms with van der Waals surface area (Å²) in [5.74, 6) is 1.49. The third-order valence-corrected chi connectivity index (χ3v) is 4.22. The van der Waals surface area contributed by atoms with E-state index in [2.05, 4.69) is 41.8 Å². The molecule has 140 valence electrons. The van der Waals surface area contributed by atoms with Gasteiger partial charge in [-0.3, -0.25) is 0 Å². The van der Waals surface area contributed by atoms with E-state index in [1.807, 2.05) is 6.07 Å². The van der Waals surface area contributed by atoms with Gasteiger partial charge in [-0.2, -0.15) is 12.6 Å². The number of unbranched alkanes of at least 4 members (excludes halogenated alkanes) is 1. The second kappa shape index (κ2) is 17.4. The molecule has 1 aromatic heterocycles. The highest BCUT2D eigenvalue weighted by atomic mass is 32.1. The van der Waals surface area contributed by atoms with Crippen molar-refractivity contribution in [3.05, 3.63) is 18.0 Å². The van der Waals surface area contributed by atoms with Gasteiger partial charge in [-0.1, -0.05) is 39.5 Å². The molecule has 1 atom stereocenters. The van der Waals surface area contributed by atoms with Crippen LogP contribution in [0.1, 0.15) is 58.1 Å². The fourth-order valence-corrected chi connectivity index (χ4v) is 2.59. The molecule has 0 spiro atoms. The van der Waals surface area contributed by atoms with Gasteiger partial charge in [0.15, 0.2) is 9.03 Å². The summed E-state index contributed by atoms with van der Waals surface area (Å²) < 4.78 is 10.2.